The van der Waals surface area contributed by atoms with E-state index >= 15 is 0 Å². The number of anilines is 1. The fraction of sp³-hybridized carbons (Fsp3) is 0.133. The fourth-order valence-corrected chi connectivity index (χ4v) is 4.46. The van der Waals surface area contributed by atoms with E-state index in [1.807, 2.05) is 55.5 Å². The number of unbranched alkanes of at least 4 members (excludes halogenated alkanes) is 1. The minimum Gasteiger partial charge on any atom is -0.507 e. The van der Waals surface area contributed by atoms with Crippen molar-refractivity contribution in [2.45, 2.75) is 26.2 Å². The summed E-state index contributed by atoms with van der Waals surface area (Å²) in [5.74, 6) is 0.258. The number of halogens is 1. The number of benzene rings is 4. The lowest BCUT2D eigenvalue weighted by atomic mass is 9.97. The highest BCUT2D eigenvalue weighted by Gasteiger charge is 2.22. The third-order valence-corrected chi connectivity index (χ3v) is 6.42. The molecule has 0 spiro atoms. The average molecular weight is 497 g/mol. The van der Waals surface area contributed by atoms with Crippen LogP contribution in [0.3, 0.4) is 0 Å². The molecule has 0 aliphatic heterocycles. The third-order valence-electron chi connectivity index (χ3n) is 6.10. The molecule has 180 valence electrons. The minimum atomic E-state index is -0.164. The molecule has 2 N–H and O–H groups in total. The number of fused-ring (bicyclic) bond motifs is 1. The van der Waals surface area contributed by atoms with Crippen LogP contribution in [0.1, 0.15) is 26.2 Å². The number of rotatable bonds is 7. The van der Waals surface area contributed by atoms with E-state index in [4.69, 9.17) is 16.0 Å². The zero-order chi connectivity index (χ0) is 25.1. The molecule has 0 aliphatic carbocycles. The first-order valence-electron chi connectivity index (χ1n) is 11.9. The first-order valence-corrected chi connectivity index (χ1v) is 12.3. The molecule has 0 atom stereocenters. The van der Waals surface area contributed by atoms with Crippen molar-refractivity contribution in [2.75, 3.05) is 5.32 Å². The molecule has 0 saturated carbocycles. The second-order valence-corrected chi connectivity index (χ2v) is 8.99. The number of hydrogen-bond acceptors (Lipinski definition) is 4. The van der Waals surface area contributed by atoms with E-state index in [0.717, 1.165) is 34.7 Å². The number of phenols is 1. The topological polar surface area (TPSA) is 75.4 Å². The summed E-state index contributed by atoms with van der Waals surface area (Å²) in [5, 5.41) is 16.5. The van der Waals surface area contributed by atoms with Crippen LogP contribution in [0, 0.1) is 0 Å². The molecule has 1 aromatic heterocycles. The van der Waals surface area contributed by atoms with Crippen molar-refractivity contribution in [2.24, 2.45) is 0 Å². The summed E-state index contributed by atoms with van der Waals surface area (Å²) in [4.78, 5) is 17.1. The smallest absolute Gasteiger partial charge is 0.233 e. The maximum Gasteiger partial charge on any atom is 0.233 e. The highest BCUT2D eigenvalue weighted by molar-refractivity contribution is 6.33. The molecule has 5 aromatic rings. The zero-order valence-corrected chi connectivity index (χ0v) is 20.5. The Kier molecular flexibility index (Phi) is 6.74. The number of aromatic nitrogens is 1. The number of hydrogen-bond donors (Lipinski definition) is 2. The van der Waals surface area contributed by atoms with E-state index in [1.54, 1.807) is 18.2 Å². The van der Waals surface area contributed by atoms with Crippen LogP contribution in [0.4, 0.5) is 5.88 Å². The van der Waals surface area contributed by atoms with E-state index in [1.165, 1.54) is 0 Å². The number of oxazole rings is 1. The Labute approximate surface area is 214 Å². The van der Waals surface area contributed by atoms with Crippen LogP contribution in [-0.4, -0.2) is 16.0 Å². The van der Waals surface area contributed by atoms with Crippen molar-refractivity contribution < 1.29 is 14.3 Å². The van der Waals surface area contributed by atoms with Crippen LogP contribution in [0.25, 0.3) is 44.6 Å². The Hall–Kier alpha value is -4.09. The second kappa shape index (κ2) is 10.3. The first-order chi connectivity index (χ1) is 17.5. The first kappa shape index (κ1) is 23.6. The van der Waals surface area contributed by atoms with Crippen LogP contribution < -0.4 is 5.32 Å². The Balaban J connectivity index is 1.56. The predicted molar refractivity (Wildman–Crippen MR) is 145 cm³/mol. The monoisotopic (exact) mass is 496 g/mol. The van der Waals surface area contributed by atoms with E-state index < -0.39 is 0 Å². The van der Waals surface area contributed by atoms with Crippen molar-refractivity contribution in [3.8, 4) is 39.6 Å². The van der Waals surface area contributed by atoms with Gasteiger partial charge >= 0.3 is 0 Å². The molecule has 0 aliphatic rings. The standard InChI is InChI=1S/C30H25ClN2O3/c1-2-3-15-27(35)32-30-28(23-12-6-7-14-25(23)31)33-29(36-30)24-17-16-20(18-26(24)34)22-13-8-10-19-9-4-5-11-21(19)22/h4-14,16-18,34H,2-3,15H2,1H3,(H,32,35). The van der Waals surface area contributed by atoms with Crippen LogP contribution in [-0.2, 0) is 4.79 Å². The molecule has 4 aromatic carbocycles. The normalized spacial score (nSPS) is 11.1. The van der Waals surface area contributed by atoms with Gasteiger partial charge in [0.15, 0.2) is 0 Å². The van der Waals surface area contributed by atoms with Gasteiger partial charge in [-0.2, -0.15) is 0 Å². The highest BCUT2D eigenvalue weighted by Crippen LogP contribution is 2.40. The molecule has 5 nitrogen and oxygen atoms in total. The van der Waals surface area contributed by atoms with Gasteiger partial charge in [0.25, 0.3) is 0 Å². The van der Waals surface area contributed by atoms with Gasteiger partial charge in [-0.1, -0.05) is 91.7 Å². The fourth-order valence-electron chi connectivity index (χ4n) is 4.24. The van der Waals surface area contributed by atoms with E-state index in [0.29, 0.717) is 28.3 Å². The molecule has 1 amide bonds. The van der Waals surface area contributed by atoms with Crippen molar-refractivity contribution in [3.63, 3.8) is 0 Å². The largest absolute Gasteiger partial charge is 0.507 e. The van der Waals surface area contributed by atoms with Gasteiger partial charge in [-0.25, -0.2) is 4.98 Å². The SMILES string of the molecule is CCCCC(=O)Nc1oc(-c2ccc(-c3cccc4ccccc34)cc2O)nc1-c1ccccc1Cl. The lowest BCUT2D eigenvalue weighted by molar-refractivity contribution is -0.116. The molecule has 0 bridgehead atoms. The maximum absolute atomic E-state index is 12.5. The Bertz CT molecular complexity index is 1550. The van der Waals surface area contributed by atoms with Crippen molar-refractivity contribution in [3.05, 3.63) is 90.0 Å². The number of aromatic hydroxyl groups is 1. The van der Waals surface area contributed by atoms with Gasteiger partial charge in [0.05, 0.1) is 10.6 Å². The Morgan fingerprint density at radius 3 is 2.50 bits per heavy atom. The number of carbonyl (C=O) groups excluding carboxylic acids is 1. The lowest BCUT2D eigenvalue weighted by Crippen LogP contribution is -2.11. The van der Waals surface area contributed by atoms with Crippen LogP contribution >= 0.6 is 11.6 Å². The number of phenolic OH excluding ortho intramolecular Hbond substituents is 1. The molecule has 6 heteroatoms. The van der Waals surface area contributed by atoms with E-state index in [-0.39, 0.29) is 23.4 Å². The Morgan fingerprint density at radius 2 is 1.69 bits per heavy atom. The van der Waals surface area contributed by atoms with Gasteiger partial charge in [0, 0.05) is 12.0 Å². The summed E-state index contributed by atoms with van der Waals surface area (Å²) in [7, 11) is 0. The number of nitrogens with one attached hydrogen (secondary N) is 1. The summed E-state index contributed by atoms with van der Waals surface area (Å²) in [5.41, 5.74) is 3.35. The van der Waals surface area contributed by atoms with Crippen molar-refractivity contribution >= 4 is 34.2 Å². The van der Waals surface area contributed by atoms with Crippen molar-refractivity contribution in [1.29, 1.82) is 0 Å². The van der Waals surface area contributed by atoms with Gasteiger partial charge in [-0.3, -0.25) is 10.1 Å². The summed E-state index contributed by atoms with van der Waals surface area (Å²) in [6.07, 6.45) is 2.05. The molecule has 1 heterocycles. The van der Waals surface area contributed by atoms with Gasteiger partial charge in [0.2, 0.25) is 17.7 Å². The van der Waals surface area contributed by atoms with E-state index in [2.05, 4.69) is 28.5 Å². The number of amides is 1. The van der Waals surface area contributed by atoms with Crippen LogP contribution in [0.5, 0.6) is 5.75 Å². The average Bonchev–Trinajstić information content (AvgIpc) is 3.30. The van der Waals surface area contributed by atoms with Crippen molar-refractivity contribution in [1.82, 2.24) is 4.98 Å². The predicted octanol–water partition coefficient (Wildman–Crippen LogP) is 8.32. The molecule has 5 rings (SSSR count). The van der Waals surface area contributed by atoms with Crippen LogP contribution in [0.2, 0.25) is 5.02 Å². The molecule has 0 saturated heterocycles. The van der Waals surface area contributed by atoms with Crippen LogP contribution in [0.15, 0.2) is 89.3 Å². The third kappa shape index (κ3) is 4.70. The van der Waals surface area contributed by atoms with Gasteiger partial charge < -0.3 is 9.52 Å². The second-order valence-electron chi connectivity index (χ2n) is 8.59. The minimum absolute atomic E-state index is 0.0243. The van der Waals surface area contributed by atoms with Gasteiger partial charge in [-0.05, 0) is 46.5 Å². The quantitative estimate of drug-likeness (QED) is 0.237. The van der Waals surface area contributed by atoms with Gasteiger partial charge in [0.1, 0.15) is 11.4 Å². The molecule has 36 heavy (non-hydrogen) atoms. The zero-order valence-electron chi connectivity index (χ0n) is 19.8. The Morgan fingerprint density at radius 1 is 0.944 bits per heavy atom. The number of nitrogens with zero attached hydrogens (tertiary/aromatic N) is 1. The highest BCUT2D eigenvalue weighted by atomic mass is 35.5. The molecular weight excluding hydrogens is 472 g/mol. The molecular formula is C30H25ClN2O3. The molecule has 0 fully saturated rings. The van der Waals surface area contributed by atoms with E-state index in [9.17, 15) is 9.90 Å². The molecule has 0 unspecified atom stereocenters. The summed E-state index contributed by atoms with van der Waals surface area (Å²) in [6, 6.07) is 26.9. The lowest BCUT2D eigenvalue weighted by Gasteiger charge is -2.09. The summed E-state index contributed by atoms with van der Waals surface area (Å²) >= 11 is 6.43. The molecule has 0 radical (unpaired) electrons. The maximum atomic E-state index is 12.5. The summed E-state index contributed by atoms with van der Waals surface area (Å²) in [6.45, 7) is 2.03. The number of carbonyl (C=O) groups is 1. The summed E-state index contributed by atoms with van der Waals surface area (Å²) < 4.78 is 6.00. The van der Waals surface area contributed by atoms with Gasteiger partial charge in [-0.15, -0.1) is 0 Å².